The van der Waals surface area contributed by atoms with Crippen molar-refractivity contribution in [2.45, 2.75) is 20.0 Å². The number of ether oxygens (including phenoxy) is 2. The Balaban J connectivity index is 2.48. The Labute approximate surface area is 135 Å². The molecule has 0 aliphatic heterocycles. The average Bonchev–Trinajstić information content (AvgIpc) is 2.47. The van der Waals surface area contributed by atoms with Crippen LogP contribution < -0.4 is 4.74 Å². The Morgan fingerprint density at radius 2 is 1.96 bits per heavy atom. The predicted octanol–water partition coefficient (Wildman–Crippen LogP) is 3.89. The van der Waals surface area contributed by atoms with Crippen molar-refractivity contribution in [2.75, 3.05) is 13.4 Å². The summed E-state index contributed by atoms with van der Waals surface area (Å²) in [6, 6.07) is 3.10. The molecule has 9 heteroatoms. The van der Waals surface area contributed by atoms with Gasteiger partial charge in [-0.3, -0.25) is 0 Å². The van der Waals surface area contributed by atoms with Crippen LogP contribution in [0.25, 0.3) is 11.3 Å². The zero-order valence-electron chi connectivity index (χ0n) is 12.3. The minimum Gasteiger partial charge on any atom is -0.467 e. The maximum Gasteiger partial charge on any atom is 0.416 e. The topological polar surface area (TPSA) is 57.1 Å². The first-order chi connectivity index (χ1) is 10.8. The number of hydrogen-bond acceptors (Lipinski definition) is 5. The summed E-state index contributed by atoms with van der Waals surface area (Å²) in [6.45, 7) is 3.56. The molecule has 1 aromatic heterocycles. The highest BCUT2D eigenvalue weighted by Crippen LogP contribution is 2.37. The van der Waals surface area contributed by atoms with Crippen molar-refractivity contribution < 1.29 is 22.6 Å². The summed E-state index contributed by atoms with van der Waals surface area (Å²) in [4.78, 5) is 3.94. The smallest absolute Gasteiger partial charge is 0.416 e. The average molecular weight is 348 g/mol. The SMILES string of the molecule is CCOCOc1cc(C(F)(F)F)ccc1-c1nnc(Cl)nc1C. The molecule has 0 spiro atoms. The normalized spacial score (nSPS) is 11.6. The van der Waals surface area contributed by atoms with E-state index < -0.39 is 11.7 Å². The minimum atomic E-state index is -4.48. The second-order valence-corrected chi connectivity index (χ2v) is 4.82. The molecule has 1 heterocycles. The quantitative estimate of drug-likeness (QED) is 0.606. The van der Waals surface area contributed by atoms with Gasteiger partial charge in [0.25, 0.3) is 0 Å². The first kappa shape index (κ1) is 17.4. The van der Waals surface area contributed by atoms with Gasteiger partial charge in [-0.1, -0.05) is 0 Å². The van der Waals surface area contributed by atoms with Gasteiger partial charge in [-0.25, -0.2) is 4.98 Å². The first-order valence-corrected chi connectivity index (χ1v) is 6.99. The molecule has 5 nitrogen and oxygen atoms in total. The van der Waals surface area contributed by atoms with E-state index in [0.717, 1.165) is 12.1 Å². The van der Waals surface area contributed by atoms with Gasteiger partial charge >= 0.3 is 6.18 Å². The van der Waals surface area contributed by atoms with Crippen LogP contribution in [0.5, 0.6) is 5.75 Å². The van der Waals surface area contributed by atoms with E-state index in [0.29, 0.717) is 17.9 Å². The lowest BCUT2D eigenvalue weighted by Crippen LogP contribution is -2.08. The van der Waals surface area contributed by atoms with Gasteiger partial charge in [-0.15, -0.1) is 10.2 Å². The summed E-state index contributed by atoms with van der Waals surface area (Å²) in [6.07, 6.45) is -4.48. The first-order valence-electron chi connectivity index (χ1n) is 6.62. The highest BCUT2D eigenvalue weighted by molar-refractivity contribution is 6.28. The van der Waals surface area contributed by atoms with Gasteiger partial charge in [0.1, 0.15) is 11.4 Å². The largest absolute Gasteiger partial charge is 0.467 e. The van der Waals surface area contributed by atoms with E-state index in [1.807, 2.05) is 0 Å². The Hall–Kier alpha value is -1.93. The lowest BCUT2D eigenvalue weighted by Gasteiger charge is -2.14. The van der Waals surface area contributed by atoms with Crippen LogP contribution >= 0.6 is 11.6 Å². The van der Waals surface area contributed by atoms with Crippen LogP contribution in [0.1, 0.15) is 18.2 Å². The molecule has 0 radical (unpaired) electrons. The van der Waals surface area contributed by atoms with Gasteiger partial charge in [-0.05, 0) is 43.6 Å². The third-order valence-electron chi connectivity index (χ3n) is 2.90. The van der Waals surface area contributed by atoms with Gasteiger partial charge in [0, 0.05) is 12.2 Å². The zero-order chi connectivity index (χ0) is 17.0. The van der Waals surface area contributed by atoms with Crippen molar-refractivity contribution in [2.24, 2.45) is 0 Å². The van der Waals surface area contributed by atoms with Crippen molar-refractivity contribution in [1.29, 1.82) is 0 Å². The van der Waals surface area contributed by atoms with Gasteiger partial charge in [0.2, 0.25) is 5.28 Å². The third-order valence-corrected chi connectivity index (χ3v) is 3.06. The standard InChI is InChI=1S/C14H13ClF3N3O2/c1-3-22-7-23-11-6-9(14(16,17)18)4-5-10(11)12-8(2)19-13(15)21-20-12/h4-6H,3,7H2,1-2H3. The molecular weight excluding hydrogens is 335 g/mol. The van der Waals surface area contributed by atoms with Crippen LogP contribution in [0.2, 0.25) is 5.28 Å². The summed E-state index contributed by atoms with van der Waals surface area (Å²) >= 11 is 5.65. The molecule has 0 unspecified atom stereocenters. The molecule has 23 heavy (non-hydrogen) atoms. The van der Waals surface area contributed by atoms with Crippen molar-refractivity contribution >= 4 is 11.6 Å². The molecular formula is C14H13ClF3N3O2. The summed E-state index contributed by atoms with van der Waals surface area (Å²) in [7, 11) is 0. The molecule has 0 saturated heterocycles. The molecule has 0 N–H and O–H groups in total. The van der Waals surface area contributed by atoms with E-state index in [-0.39, 0.29) is 23.5 Å². The molecule has 0 aliphatic rings. The van der Waals surface area contributed by atoms with Gasteiger partial charge in [0.05, 0.1) is 11.3 Å². The van der Waals surface area contributed by atoms with Gasteiger partial charge < -0.3 is 9.47 Å². The summed E-state index contributed by atoms with van der Waals surface area (Å²) in [5.74, 6) is -0.0187. The zero-order valence-corrected chi connectivity index (χ0v) is 13.1. The second kappa shape index (κ2) is 7.10. The fourth-order valence-corrected chi connectivity index (χ4v) is 1.99. The highest BCUT2D eigenvalue weighted by Gasteiger charge is 2.31. The number of halogens is 4. The van der Waals surface area contributed by atoms with Gasteiger partial charge in [0.15, 0.2) is 6.79 Å². The fourth-order valence-electron chi connectivity index (χ4n) is 1.83. The molecule has 124 valence electrons. The number of aromatic nitrogens is 3. The fraction of sp³-hybridized carbons (Fsp3) is 0.357. The number of nitrogens with zero attached hydrogens (tertiary/aromatic N) is 3. The Bertz CT molecular complexity index is 695. The van der Waals surface area contributed by atoms with Crippen molar-refractivity contribution in [3.05, 3.63) is 34.7 Å². The maximum atomic E-state index is 12.9. The Morgan fingerprint density at radius 3 is 2.57 bits per heavy atom. The van der Waals surface area contributed by atoms with E-state index >= 15 is 0 Å². The van der Waals surface area contributed by atoms with Crippen LogP contribution in [0.15, 0.2) is 18.2 Å². The van der Waals surface area contributed by atoms with Crippen LogP contribution in [-0.2, 0) is 10.9 Å². The molecule has 1 aromatic carbocycles. The molecule has 2 rings (SSSR count). The second-order valence-electron chi connectivity index (χ2n) is 4.48. The van der Waals surface area contributed by atoms with E-state index in [2.05, 4.69) is 15.2 Å². The van der Waals surface area contributed by atoms with E-state index in [9.17, 15) is 13.2 Å². The van der Waals surface area contributed by atoms with Crippen LogP contribution in [0, 0.1) is 6.92 Å². The van der Waals surface area contributed by atoms with Crippen LogP contribution in [0.3, 0.4) is 0 Å². The van der Waals surface area contributed by atoms with Crippen LogP contribution in [0.4, 0.5) is 13.2 Å². The highest BCUT2D eigenvalue weighted by atomic mass is 35.5. The van der Waals surface area contributed by atoms with Crippen molar-refractivity contribution in [1.82, 2.24) is 15.2 Å². The van der Waals surface area contributed by atoms with Crippen LogP contribution in [-0.4, -0.2) is 28.6 Å². The van der Waals surface area contributed by atoms with E-state index in [4.69, 9.17) is 21.1 Å². The number of aryl methyl sites for hydroxylation is 1. The van der Waals surface area contributed by atoms with E-state index in [1.54, 1.807) is 13.8 Å². The van der Waals surface area contributed by atoms with Gasteiger partial charge in [-0.2, -0.15) is 13.2 Å². The lowest BCUT2D eigenvalue weighted by molar-refractivity contribution is -0.137. The number of alkyl halides is 3. The summed E-state index contributed by atoms with van der Waals surface area (Å²) in [5, 5.41) is 7.46. The number of hydrogen-bond donors (Lipinski definition) is 0. The molecule has 0 saturated carbocycles. The Morgan fingerprint density at radius 1 is 1.22 bits per heavy atom. The third kappa shape index (κ3) is 4.29. The minimum absolute atomic E-state index is 0.0187. The summed E-state index contributed by atoms with van der Waals surface area (Å²) < 4.78 is 49.0. The molecule has 0 fully saturated rings. The summed E-state index contributed by atoms with van der Waals surface area (Å²) in [5.41, 5.74) is 0.202. The monoisotopic (exact) mass is 347 g/mol. The van der Waals surface area contributed by atoms with E-state index in [1.165, 1.54) is 6.07 Å². The van der Waals surface area contributed by atoms with Crippen molar-refractivity contribution in [3.63, 3.8) is 0 Å². The Kier molecular flexibility index (Phi) is 5.38. The molecule has 0 aliphatic carbocycles. The molecule has 0 atom stereocenters. The molecule has 0 amide bonds. The maximum absolute atomic E-state index is 12.9. The van der Waals surface area contributed by atoms with Crippen molar-refractivity contribution in [3.8, 4) is 17.0 Å². The molecule has 0 bridgehead atoms. The predicted molar refractivity (Wildman–Crippen MR) is 77.1 cm³/mol. The number of rotatable bonds is 5. The molecule has 2 aromatic rings. The number of benzene rings is 1. The lowest BCUT2D eigenvalue weighted by atomic mass is 10.1.